The van der Waals surface area contributed by atoms with Gasteiger partial charge in [0, 0.05) is 17.8 Å². The second-order valence-electron chi connectivity index (χ2n) is 6.82. The van der Waals surface area contributed by atoms with Crippen LogP contribution in [0, 0.1) is 0 Å². The van der Waals surface area contributed by atoms with E-state index in [1.807, 2.05) is 85.8 Å². The number of aliphatic imine (C=N–C) groups is 1. The highest BCUT2D eigenvalue weighted by Gasteiger charge is 2.35. The zero-order valence-corrected chi connectivity index (χ0v) is 16.1. The van der Waals surface area contributed by atoms with Gasteiger partial charge in [0.25, 0.3) is 0 Å². The topological polar surface area (TPSA) is 70.6 Å². The first-order valence-corrected chi connectivity index (χ1v) is 9.59. The summed E-state index contributed by atoms with van der Waals surface area (Å²) < 4.78 is 0. The summed E-state index contributed by atoms with van der Waals surface area (Å²) in [7, 11) is 0. The van der Waals surface area contributed by atoms with Crippen molar-refractivity contribution in [2.45, 2.75) is 19.3 Å². The van der Waals surface area contributed by atoms with Crippen molar-refractivity contribution in [2.75, 3.05) is 10.6 Å². The second-order valence-corrected chi connectivity index (χ2v) is 6.82. The number of hydrogen-bond donors (Lipinski definition) is 2. The van der Waals surface area contributed by atoms with Crippen LogP contribution in [0.3, 0.4) is 0 Å². The maximum absolute atomic E-state index is 12.8. The smallest absolute Gasteiger partial charge is 0.238 e. The molecule has 3 aromatic rings. The Morgan fingerprint density at radius 1 is 0.966 bits per heavy atom. The normalized spacial score (nSPS) is 15.6. The minimum atomic E-state index is -0.479. The first-order valence-electron chi connectivity index (χ1n) is 9.59. The number of rotatable bonds is 5. The van der Waals surface area contributed by atoms with Gasteiger partial charge in [0.15, 0.2) is 0 Å². The molecule has 1 aliphatic rings. The summed E-state index contributed by atoms with van der Waals surface area (Å²) in [6.45, 7) is 1.81. The molecule has 0 aliphatic carbocycles. The minimum absolute atomic E-state index is 0.0366. The molecule has 5 nitrogen and oxygen atoms in total. The quantitative estimate of drug-likeness (QED) is 0.616. The summed E-state index contributed by atoms with van der Waals surface area (Å²) in [6, 6.07) is 24.8. The molecule has 0 fully saturated rings. The van der Waals surface area contributed by atoms with Crippen molar-refractivity contribution in [1.82, 2.24) is 0 Å². The average Bonchev–Trinajstić information content (AvgIpc) is 3.09. The summed E-state index contributed by atoms with van der Waals surface area (Å²) >= 11 is 0. The zero-order chi connectivity index (χ0) is 20.2. The highest BCUT2D eigenvalue weighted by atomic mass is 16.2. The molecule has 1 atom stereocenters. The molecule has 144 valence electrons. The van der Waals surface area contributed by atoms with Crippen molar-refractivity contribution >= 4 is 34.6 Å². The molecule has 1 aliphatic heterocycles. The van der Waals surface area contributed by atoms with E-state index in [4.69, 9.17) is 4.99 Å². The van der Waals surface area contributed by atoms with Crippen molar-refractivity contribution in [2.24, 2.45) is 4.99 Å². The third-order valence-corrected chi connectivity index (χ3v) is 4.86. The van der Waals surface area contributed by atoms with Crippen molar-refractivity contribution < 1.29 is 9.59 Å². The van der Waals surface area contributed by atoms with Crippen LogP contribution in [0.25, 0.3) is 0 Å². The molecular weight excluding hydrogens is 362 g/mol. The molecule has 29 heavy (non-hydrogen) atoms. The van der Waals surface area contributed by atoms with Crippen LogP contribution < -0.4 is 10.6 Å². The van der Waals surface area contributed by atoms with Crippen LogP contribution in [0.2, 0.25) is 0 Å². The monoisotopic (exact) mass is 383 g/mol. The lowest BCUT2D eigenvalue weighted by molar-refractivity contribution is -0.116. The highest BCUT2D eigenvalue weighted by molar-refractivity contribution is 6.24. The molecule has 1 unspecified atom stereocenters. The van der Waals surface area contributed by atoms with Crippen molar-refractivity contribution in [3.05, 3.63) is 90.0 Å². The number of nitrogens with one attached hydrogen (secondary N) is 2. The van der Waals surface area contributed by atoms with E-state index in [1.165, 1.54) is 0 Å². The third-order valence-electron chi connectivity index (χ3n) is 4.86. The van der Waals surface area contributed by atoms with E-state index in [1.54, 1.807) is 0 Å². The Morgan fingerprint density at radius 3 is 2.38 bits per heavy atom. The molecule has 2 N–H and O–H groups in total. The van der Waals surface area contributed by atoms with Crippen molar-refractivity contribution in [1.29, 1.82) is 0 Å². The van der Waals surface area contributed by atoms with Gasteiger partial charge in [-0.1, -0.05) is 55.5 Å². The number of carbonyl (C=O) groups is 2. The fourth-order valence-electron chi connectivity index (χ4n) is 3.39. The summed E-state index contributed by atoms with van der Waals surface area (Å²) in [5.74, 6) is -0.598. The standard InChI is InChI=1S/C24H21N3O2/c1-2-21(28)25-17-12-14-18(15-13-17)26-23(16-8-4-3-5-9-16)22-19-10-6-7-11-20(19)27-24(22)29/h3-15,22H,2H2,1H3,(H,25,28)(H,27,29). The number of benzene rings is 3. The Labute approximate surface area is 169 Å². The van der Waals surface area contributed by atoms with E-state index in [2.05, 4.69) is 10.6 Å². The van der Waals surface area contributed by atoms with Gasteiger partial charge >= 0.3 is 0 Å². The fourth-order valence-corrected chi connectivity index (χ4v) is 3.39. The Morgan fingerprint density at radius 2 is 1.66 bits per heavy atom. The lowest BCUT2D eigenvalue weighted by atomic mass is 9.90. The molecule has 0 bridgehead atoms. The predicted molar refractivity (Wildman–Crippen MR) is 116 cm³/mol. The summed E-state index contributed by atoms with van der Waals surface area (Å²) in [6.07, 6.45) is 0.425. The number of anilines is 2. The second kappa shape index (κ2) is 8.10. The molecule has 2 amide bonds. The largest absolute Gasteiger partial charge is 0.326 e. The van der Waals surface area contributed by atoms with E-state index in [-0.39, 0.29) is 11.8 Å². The van der Waals surface area contributed by atoms with Crippen LogP contribution in [0.5, 0.6) is 0 Å². The van der Waals surface area contributed by atoms with E-state index < -0.39 is 5.92 Å². The van der Waals surface area contributed by atoms with Crippen molar-refractivity contribution in [3.63, 3.8) is 0 Å². The van der Waals surface area contributed by atoms with Crippen LogP contribution in [0.4, 0.5) is 17.1 Å². The van der Waals surface area contributed by atoms with Gasteiger partial charge in [-0.25, -0.2) is 0 Å². The molecule has 0 spiro atoms. The first-order chi connectivity index (χ1) is 14.2. The predicted octanol–water partition coefficient (Wildman–Crippen LogP) is 4.89. The minimum Gasteiger partial charge on any atom is -0.326 e. The number of hydrogen-bond acceptors (Lipinski definition) is 3. The van der Waals surface area contributed by atoms with Crippen LogP contribution >= 0.6 is 0 Å². The lowest BCUT2D eigenvalue weighted by Crippen LogP contribution is -2.21. The molecule has 0 saturated carbocycles. The molecule has 4 rings (SSSR count). The highest BCUT2D eigenvalue weighted by Crippen LogP contribution is 2.36. The van der Waals surface area contributed by atoms with E-state index in [0.29, 0.717) is 12.1 Å². The maximum atomic E-state index is 12.8. The van der Waals surface area contributed by atoms with Gasteiger partial charge < -0.3 is 10.6 Å². The molecule has 3 aromatic carbocycles. The van der Waals surface area contributed by atoms with Crippen LogP contribution in [0.15, 0.2) is 83.9 Å². The van der Waals surface area contributed by atoms with Crippen LogP contribution in [-0.4, -0.2) is 17.5 Å². The number of para-hydroxylation sites is 1. The van der Waals surface area contributed by atoms with Gasteiger partial charge in [-0.2, -0.15) is 0 Å². The van der Waals surface area contributed by atoms with E-state index >= 15 is 0 Å². The molecular formula is C24H21N3O2. The Kier molecular flexibility index (Phi) is 5.20. The summed E-state index contributed by atoms with van der Waals surface area (Å²) in [5.41, 5.74) is 4.78. The van der Waals surface area contributed by atoms with Gasteiger partial charge in [-0.05, 0) is 41.5 Å². The Hall–Kier alpha value is -3.73. The SMILES string of the molecule is CCC(=O)Nc1ccc(N=C(c2ccccc2)C2C(=O)Nc3ccccc32)cc1. The first kappa shape index (κ1) is 18.6. The fraction of sp³-hybridized carbons (Fsp3) is 0.125. The number of amides is 2. The van der Waals surface area contributed by atoms with Gasteiger partial charge in [-0.15, -0.1) is 0 Å². The molecule has 0 saturated heterocycles. The van der Waals surface area contributed by atoms with E-state index in [0.717, 1.165) is 28.2 Å². The summed E-state index contributed by atoms with van der Waals surface area (Å²) in [5, 5.41) is 5.78. The summed E-state index contributed by atoms with van der Waals surface area (Å²) in [4.78, 5) is 29.2. The zero-order valence-electron chi connectivity index (χ0n) is 16.1. The van der Waals surface area contributed by atoms with Gasteiger partial charge in [0.1, 0.15) is 5.92 Å². The van der Waals surface area contributed by atoms with Gasteiger partial charge in [-0.3, -0.25) is 14.6 Å². The average molecular weight is 383 g/mol. The van der Waals surface area contributed by atoms with Crippen LogP contribution in [0.1, 0.15) is 30.4 Å². The van der Waals surface area contributed by atoms with Crippen molar-refractivity contribution in [3.8, 4) is 0 Å². The van der Waals surface area contributed by atoms with Gasteiger partial charge in [0.2, 0.25) is 11.8 Å². The van der Waals surface area contributed by atoms with Crippen LogP contribution in [-0.2, 0) is 9.59 Å². The third kappa shape index (κ3) is 3.94. The molecule has 5 heteroatoms. The lowest BCUT2D eigenvalue weighted by Gasteiger charge is -2.14. The van der Waals surface area contributed by atoms with E-state index in [9.17, 15) is 9.59 Å². The molecule has 0 radical (unpaired) electrons. The Balaban J connectivity index is 1.74. The maximum Gasteiger partial charge on any atom is 0.238 e. The Bertz CT molecular complexity index is 1070. The number of nitrogens with zero attached hydrogens (tertiary/aromatic N) is 1. The number of fused-ring (bicyclic) bond motifs is 1. The molecule has 1 heterocycles. The number of carbonyl (C=O) groups excluding carboxylic acids is 2. The molecule has 0 aromatic heterocycles. The van der Waals surface area contributed by atoms with Gasteiger partial charge in [0.05, 0.1) is 11.4 Å².